The van der Waals surface area contributed by atoms with Gasteiger partial charge in [0.2, 0.25) is 0 Å². The summed E-state index contributed by atoms with van der Waals surface area (Å²) >= 11 is 0. The molecule has 3 heterocycles. The highest BCUT2D eigenvalue weighted by Gasteiger charge is 2.32. The van der Waals surface area contributed by atoms with Crippen LogP contribution in [0.25, 0.3) is 22.0 Å². The van der Waals surface area contributed by atoms with Crippen LogP contribution in [0.1, 0.15) is 95.0 Å². The summed E-state index contributed by atoms with van der Waals surface area (Å²) in [4.78, 5) is 15.9. The first-order valence-electron chi connectivity index (χ1n) is 16.6. The van der Waals surface area contributed by atoms with E-state index in [-0.39, 0.29) is 24.3 Å². The lowest BCUT2D eigenvalue weighted by molar-refractivity contribution is -0.0514. The molecule has 0 saturated carbocycles. The molecule has 4 atom stereocenters. The number of hydrogen-bond acceptors (Lipinski definition) is 5. The normalized spacial score (nSPS) is 21.0. The molecule has 1 aromatic heterocycles. The van der Waals surface area contributed by atoms with Gasteiger partial charge >= 0.3 is 0 Å². The molecular weight excluding hydrogens is 557 g/mol. The van der Waals surface area contributed by atoms with Gasteiger partial charge in [-0.25, -0.2) is 4.39 Å². The van der Waals surface area contributed by atoms with Gasteiger partial charge in [-0.1, -0.05) is 45.7 Å². The number of aromatic nitrogens is 2. The van der Waals surface area contributed by atoms with E-state index in [0.29, 0.717) is 49.7 Å². The van der Waals surface area contributed by atoms with Crippen molar-refractivity contribution in [1.29, 1.82) is 0 Å². The minimum absolute atomic E-state index is 0.0402. The standard InChI is InChI=1S/C36H50FN3O4/c1-7-26(9-8-10-27(23(2)3)11-14-35-43-15-16-44-35)28-17-31(33-20-38-39(6)34(33)18-28)30-13-12-29(37)19-32(30)36(41)40-24(4)21-42-22-25(40)5/h12-13,17-20,23-27,35H,7-11,14-16,21-22H2,1-6H3/t24-,25-,26?,27+/m1/s1. The molecule has 8 heteroatoms. The number of nitrogens with zero attached hydrogens (tertiary/aromatic N) is 3. The number of ether oxygens (including phenoxy) is 3. The maximum absolute atomic E-state index is 14.7. The first-order chi connectivity index (χ1) is 21.2. The summed E-state index contributed by atoms with van der Waals surface area (Å²) in [6.07, 6.45) is 8.30. The highest BCUT2D eigenvalue weighted by Crippen LogP contribution is 2.38. The van der Waals surface area contributed by atoms with Crippen molar-refractivity contribution in [2.75, 3.05) is 26.4 Å². The highest BCUT2D eigenvalue weighted by molar-refractivity contribution is 6.06. The molecule has 0 bridgehead atoms. The number of hydrogen-bond donors (Lipinski definition) is 0. The number of benzene rings is 2. The Labute approximate surface area is 262 Å². The summed E-state index contributed by atoms with van der Waals surface area (Å²) in [6, 6.07) is 8.91. The first kappa shape index (κ1) is 32.6. The summed E-state index contributed by atoms with van der Waals surface area (Å²) in [6.45, 7) is 13.2. The SMILES string of the molecule is CCC(CCC[C@@H](CCC1OCCO1)C(C)C)c1cc(-c2ccc(F)cc2C(=O)N2[C@H](C)COC[C@H]2C)c2cnn(C)c2c1. The molecule has 0 spiro atoms. The number of fused-ring (bicyclic) bond motifs is 1. The molecule has 44 heavy (non-hydrogen) atoms. The first-order valence-corrected chi connectivity index (χ1v) is 16.6. The van der Waals surface area contributed by atoms with Gasteiger partial charge in [-0.15, -0.1) is 0 Å². The van der Waals surface area contributed by atoms with Crippen LogP contribution < -0.4 is 0 Å². The molecule has 2 aliphatic rings. The molecule has 1 unspecified atom stereocenters. The predicted molar refractivity (Wildman–Crippen MR) is 172 cm³/mol. The molecule has 2 fully saturated rings. The van der Waals surface area contributed by atoms with Crippen LogP contribution in [0.15, 0.2) is 36.5 Å². The van der Waals surface area contributed by atoms with Gasteiger partial charge in [-0.3, -0.25) is 9.48 Å². The van der Waals surface area contributed by atoms with Crippen LogP contribution in [0.3, 0.4) is 0 Å². The average Bonchev–Trinajstić information content (AvgIpc) is 3.66. The molecule has 0 N–H and O–H groups in total. The van der Waals surface area contributed by atoms with Crippen LogP contribution in [0.4, 0.5) is 4.39 Å². The third-order valence-corrected chi connectivity index (χ3v) is 9.79. The van der Waals surface area contributed by atoms with E-state index in [0.717, 1.165) is 54.1 Å². The zero-order valence-corrected chi connectivity index (χ0v) is 27.4. The lowest BCUT2D eigenvalue weighted by Crippen LogP contribution is -2.52. The van der Waals surface area contributed by atoms with Gasteiger partial charge in [0.1, 0.15) is 5.82 Å². The number of carbonyl (C=O) groups is 1. The Balaban J connectivity index is 1.42. The van der Waals surface area contributed by atoms with Crippen molar-refractivity contribution in [2.24, 2.45) is 18.9 Å². The Morgan fingerprint density at radius 3 is 2.43 bits per heavy atom. The van der Waals surface area contributed by atoms with Crippen LogP contribution in [-0.4, -0.2) is 65.4 Å². The number of aryl methyl sites for hydroxylation is 1. The lowest BCUT2D eigenvalue weighted by atomic mass is 9.83. The largest absolute Gasteiger partial charge is 0.377 e. The fraction of sp³-hybridized carbons (Fsp3) is 0.611. The third-order valence-electron chi connectivity index (χ3n) is 9.79. The van der Waals surface area contributed by atoms with E-state index in [1.54, 1.807) is 6.07 Å². The fourth-order valence-corrected chi connectivity index (χ4v) is 7.17. The monoisotopic (exact) mass is 607 g/mol. The Morgan fingerprint density at radius 2 is 1.75 bits per heavy atom. The molecule has 1 amide bonds. The summed E-state index contributed by atoms with van der Waals surface area (Å²) in [5, 5.41) is 5.55. The van der Waals surface area contributed by atoms with Crippen LogP contribution in [0.5, 0.6) is 0 Å². The Kier molecular flexibility index (Phi) is 10.8. The van der Waals surface area contributed by atoms with Gasteiger partial charge in [0.15, 0.2) is 6.29 Å². The van der Waals surface area contributed by atoms with E-state index in [1.807, 2.05) is 36.7 Å². The topological polar surface area (TPSA) is 65.8 Å². The fourth-order valence-electron chi connectivity index (χ4n) is 7.17. The van der Waals surface area contributed by atoms with E-state index in [9.17, 15) is 9.18 Å². The Hall–Kier alpha value is -2.81. The van der Waals surface area contributed by atoms with Crippen molar-refractivity contribution in [3.8, 4) is 11.1 Å². The van der Waals surface area contributed by atoms with Gasteiger partial charge in [0.25, 0.3) is 5.91 Å². The lowest BCUT2D eigenvalue weighted by Gasteiger charge is -2.39. The smallest absolute Gasteiger partial charge is 0.255 e. The van der Waals surface area contributed by atoms with E-state index in [4.69, 9.17) is 14.2 Å². The molecule has 3 aromatic rings. The van der Waals surface area contributed by atoms with Crippen LogP contribution in [-0.2, 0) is 21.3 Å². The molecule has 2 aliphatic heterocycles. The van der Waals surface area contributed by atoms with Crippen LogP contribution >= 0.6 is 0 Å². The number of carbonyl (C=O) groups excluding carboxylic acids is 1. The van der Waals surface area contributed by atoms with E-state index in [1.165, 1.54) is 24.1 Å². The highest BCUT2D eigenvalue weighted by atomic mass is 19.1. The van der Waals surface area contributed by atoms with Crippen molar-refractivity contribution in [2.45, 2.75) is 97.4 Å². The number of amides is 1. The number of halogens is 1. The molecular formula is C36H50FN3O4. The van der Waals surface area contributed by atoms with Crippen molar-refractivity contribution < 1.29 is 23.4 Å². The second-order valence-corrected chi connectivity index (χ2v) is 13.2. The van der Waals surface area contributed by atoms with E-state index < -0.39 is 5.82 Å². The summed E-state index contributed by atoms with van der Waals surface area (Å²) in [5.41, 5.74) is 4.31. The van der Waals surface area contributed by atoms with E-state index >= 15 is 0 Å². The Morgan fingerprint density at radius 1 is 1.02 bits per heavy atom. The van der Waals surface area contributed by atoms with Gasteiger partial charge in [-0.05, 0) is 92.2 Å². The summed E-state index contributed by atoms with van der Waals surface area (Å²) < 4.78 is 33.7. The minimum atomic E-state index is -0.415. The van der Waals surface area contributed by atoms with Crippen LogP contribution in [0, 0.1) is 17.7 Å². The van der Waals surface area contributed by atoms with Crippen molar-refractivity contribution in [3.05, 3.63) is 53.5 Å². The van der Waals surface area contributed by atoms with Crippen LogP contribution in [0.2, 0.25) is 0 Å². The molecule has 240 valence electrons. The molecule has 0 radical (unpaired) electrons. The molecule has 2 saturated heterocycles. The second-order valence-electron chi connectivity index (χ2n) is 13.2. The van der Waals surface area contributed by atoms with E-state index in [2.05, 4.69) is 38.0 Å². The molecule has 5 rings (SSSR count). The Bertz CT molecular complexity index is 1410. The van der Waals surface area contributed by atoms with Gasteiger partial charge < -0.3 is 19.1 Å². The molecule has 2 aromatic carbocycles. The number of morpholine rings is 1. The zero-order chi connectivity index (χ0) is 31.4. The number of rotatable bonds is 12. The average molecular weight is 608 g/mol. The van der Waals surface area contributed by atoms with Crippen molar-refractivity contribution >= 4 is 16.8 Å². The predicted octanol–water partition coefficient (Wildman–Crippen LogP) is 7.72. The summed E-state index contributed by atoms with van der Waals surface area (Å²) in [5.74, 6) is 1.03. The minimum Gasteiger partial charge on any atom is -0.377 e. The van der Waals surface area contributed by atoms with Crippen molar-refractivity contribution in [3.63, 3.8) is 0 Å². The van der Waals surface area contributed by atoms with Gasteiger partial charge in [0.05, 0.1) is 55.8 Å². The zero-order valence-electron chi connectivity index (χ0n) is 27.4. The van der Waals surface area contributed by atoms with Gasteiger partial charge in [-0.2, -0.15) is 5.10 Å². The quantitative estimate of drug-likeness (QED) is 0.211. The maximum Gasteiger partial charge on any atom is 0.255 e. The molecule has 7 nitrogen and oxygen atoms in total. The van der Waals surface area contributed by atoms with Gasteiger partial charge in [0, 0.05) is 12.4 Å². The third kappa shape index (κ3) is 7.19. The summed E-state index contributed by atoms with van der Waals surface area (Å²) in [7, 11) is 1.95. The second kappa shape index (κ2) is 14.5. The molecule has 0 aliphatic carbocycles. The maximum atomic E-state index is 14.7. The van der Waals surface area contributed by atoms with Crippen molar-refractivity contribution in [1.82, 2.24) is 14.7 Å².